The summed E-state index contributed by atoms with van der Waals surface area (Å²) in [6.45, 7) is 0.497. The molecule has 3 rings (SSSR count). The molecule has 0 aliphatic carbocycles. The fourth-order valence-corrected chi connectivity index (χ4v) is 3.37. The highest BCUT2D eigenvalue weighted by atomic mass is 79.9. The molecule has 0 spiro atoms. The number of benzene rings is 2. The molecular weight excluding hydrogens is 332 g/mol. The van der Waals surface area contributed by atoms with Crippen molar-refractivity contribution in [1.82, 2.24) is 4.98 Å². The molecule has 0 atom stereocenters. The van der Waals surface area contributed by atoms with E-state index in [0.717, 1.165) is 20.9 Å². The van der Waals surface area contributed by atoms with Crippen LogP contribution in [0.3, 0.4) is 0 Å². The zero-order valence-corrected chi connectivity index (χ0v) is 13.1. The van der Waals surface area contributed by atoms with Gasteiger partial charge in [0.05, 0.1) is 5.52 Å². The largest absolute Gasteiger partial charge is 0.326 e. The number of halogens is 1. The number of aromatic nitrogens is 1. The zero-order chi connectivity index (χ0) is 13.9. The van der Waals surface area contributed by atoms with Gasteiger partial charge in [-0.2, -0.15) is 0 Å². The Balaban J connectivity index is 2.11. The standard InChI is InChI=1S/C16H13BrN2S/c17-12-5-7-13(8-6-12)20-16-11(9-18)10-19-15-4-2-1-3-14(15)16/h1-8,10H,9,18H2. The smallest absolute Gasteiger partial charge is 0.0713 e. The second-order valence-electron chi connectivity index (χ2n) is 4.39. The Bertz CT molecular complexity index is 741. The summed E-state index contributed by atoms with van der Waals surface area (Å²) >= 11 is 5.20. The predicted molar refractivity (Wildman–Crippen MR) is 87.9 cm³/mol. The number of hydrogen-bond acceptors (Lipinski definition) is 3. The molecule has 0 aliphatic rings. The fourth-order valence-electron chi connectivity index (χ4n) is 2.04. The molecule has 2 aromatic carbocycles. The third-order valence-electron chi connectivity index (χ3n) is 3.05. The van der Waals surface area contributed by atoms with Gasteiger partial charge in [0, 0.05) is 32.4 Å². The highest BCUT2D eigenvalue weighted by molar-refractivity contribution is 9.10. The van der Waals surface area contributed by atoms with Gasteiger partial charge in [-0.1, -0.05) is 45.9 Å². The molecule has 20 heavy (non-hydrogen) atoms. The number of hydrogen-bond donors (Lipinski definition) is 1. The quantitative estimate of drug-likeness (QED) is 0.754. The Kier molecular flexibility index (Phi) is 4.05. The van der Waals surface area contributed by atoms with E-state index in [1.165, 1.54) is 9.79 Å². The number of nitrogens with zero attached hydrogens (tertiary/aromatic N) is 1. The Morgan fingerprint density at radius 3 is 2.55 bits per heavy atom. The normalized spacial score (nSPS) is 10.9. The molecule has 0 fully saturated rings. The Hall–Kier alpha value is -1.36. The summed E-state index contributed by atoms with van der Waals surface area (Å²) < 4.78 is 1.08. The van der Waals surface area contributed by atoms with E-state index >= 15 is 0 Å². The minimum absolute atomic E-state index is 0.497. The van der Waals surface area contributed by atoms with Crippen LogP contribution in [0.25, 0.3) is 10.9 Å². The van der Waals surface area contributed by atoms with E-state index in [-0.39, 0.29) is 0 Å². The molecule has 4 heteroatoms. The molecule has 1 heterocycles. The van der Waals surface area contributed by atoms with Gasteiger partial charge in [-0.3, -0.25) is 4.98 Å². The molecule has 0 amide bonds. The number of para-hydroxylation sites is 1. The van der Waals surface area contributed by atoms with Crippen molar-refractivity contribution in [2.75, 3.05) is 0 Å². The maximum absolute atomic E-state index is 5.86. The molecule has 0 saturated heterocycles. The molecule has 0 radical (unpaired) electrons. The summed E-state index contributed by atoms with van der Waals surface area (Å²) in [4.78, 5) is 6.86. The molecule has 100 valence electrons. The molecule has 0 saturated carbocycles. The summed E-state index contributed by atoms with van der Waals surface area (Å²) in [6, 6.07) is 16.5. The van der Waals surface area contributed by atoms with Crippen LogP contribution >= 0.6 is 27.7 Å². The van der Waals surface area contributed by atoms with E-state index in [2.05, 4.69) is 39.1 Å². The summed E-state index contributed by atoms with van der Waals surface area (Å²) in [5.41, 5.74) is 7.94. The predicted octanol–water partition coefficient (Wildman–Crippen LogP) is 4.61. The van der Waals surface area contributed by atoms with Crippen molar-refractivity contribution in [1.29, 1.82) is 0 Å². The van der Waals surface area contributed by atoms with E-state index in [0.29, 0.717) is 6.54 Å². The second-order valence-corrected chi connectivity index (χ2v) is 6.39. The van der Waals surface area contributed by atoms with Crippen LogP contribution in [0.5, 0.6) is 0 Å². The molecule has 3 aromatic rings. The molecule has 0 aliphatic heterocycles. The van der Waals surface area contributed by atoms with Crippen molar-refractivity contribution in [2.24, 2.45) is 5.73 Å². The third kappa shape index (κ3) is 2.73. The summed E-state index contributed by atoms with van der Waals surface area (Å²) in [5.74, 6) is 0. The molecule has 0 bridgehead atoms. The second kappa shape index (κ2) is 5.95. The van der Waals surface area contributed by atoms with Crippen LogP contribution in [0.15, 0.2) is 69.0 Å². The average Bonchev–Trinajstić information content (AvgIpc) is 2.50. The monoisotopic (exact) mass is 344 g/mol. The van der Waals surface area contributed by atoms with Crippen LogP contribution in [-0.4, -0.2) is 4.98 Å². The van der Waals surface area contributed by atoms with Crippen LogP contribution in [0.4, 0.5) is 0 Å². The number of fused-ring (bicyclic) bond motifs is 1. The van der Waals surface area contributed by atoms with Crippen molar-refractivity contribution in [3.63, 3.8) is 0 Å². The lowest BCUT2D eigenvalue weighted by Gasteiger charge is -2.11. The first-order valence-corrected chi connectivity index (χ1v) is 7.89. The van der Waals surface area contributed by atoms with Crippen LogP contribution in [-0.2, 0) is 6.54 Å². The van der Waals surface area contributed by atoms with Gasteiger partial charge >= 0.3 is 0 Å². The average molecular weight is 345 g/mol. The zero-order valence-electron chi connectivity index (χ0n) is 10.7. The topological polar surface area (TPSA) is 38.9 Å². The lowest BCUT2D eigenvalue weighted by molar-refractivity contribution is 1.02. The summed E-state index contributed by atoms with van der Waals surface area (Å²) in [7, 11) is 0. The Morgan fingerprint density at radius 1 is 1.05 bits per heavy atom. The first-order valence-electron chi connectivity index (χ1n) is 6.28. The highest BCUT2D eigenvalue weighted by Gasteiger charge is 2.09. The van der Waals surface area contributed by atoms with E-state index in [4.69, 9.17) is 5.73 Å². The van der Waals surface area contributed by atoms with Gasteiger partial charge in [0.1, 0.15) is 0 Å². The molecule has 2 nitrogen and oxygen atoms in total. The van der Waals surface area contributed by atoms with Gasteiger partial charge in [-0.25, -0.2) is 0 Å². The van der Waals surface area contributed by atoms with Crippen LogP contribution in [0.2, 0.25) is 0 Å². The maximum atomic E-state index is 5.86. The third-order valence-corrected chi connectivity index (χ3v) is 4.78. The van der Waals surface area contributed by atoms with Gasteiger partial charge in [-0.05, 0) is 35.9 Å². The van der Waals surface area contributed by atoms with Crippen LogP contribution in [0.1, 0.15) is 5.56 Å². The minimum atomic E-state index is 0.497. The van der Waals surface area contributed by atoms with E-state index in [1.807, 2.05) is 36.5 Å². The number of nitrogens with two attached hydrogens (primary N) is 1. The molecule has 1 aromatic heterocycles. The van der Waals surface area contributed by atoms with Crippen LogP contribution in [0, 0.1) is 0 Å². The summed E-state index contributed by atoms with van der Waals surface area (Å²) in [5, 5.41) is 1.16. The van der Waals surface area contributed by atoms with Crippen molar-refractivity contribution < 1.29 is 0 Å². The highest BCUT2D eigenvalue weighted by Crippen LogP contribution is 2.35. The van der Waals surface area contributed by atoms with Crippen molar-refractivity contribution in [2.45, 2.75) is 16.3 Å². The molecule has 0 unspecified atom stereocenters. The lowest BCUT2D eigenvalue weighted by atomic mass is 10.1. The number of pyridine rings is 1. The minimum Gasteiger partial charge on any atom is -0.326 e. The first-order chi connectivity index (χ1) is 9.78. The Labute approximate surface area is 130 Å². The lowest BCUT2D eigenvalue weighted by Crippen LogP contribution is -2.00. The Morgan fingerprint density at radius 2 is 1.80 bits per heavy atom. The van der Waals surface area contributed by atoms with Crippen LogP contribution < -0.4 is 5.73 Å². The van der Waals surface area contributed by atoms with Crippen molar-refractivity contribution >= 4 is 38.6 Å². The van der Waals surface area contributed by atoms with Crippen molar-refractivity contribution in [3.05, 3.63) is 64.8 Å². The number of rotatable bonds is 3. The maximum Gasteiger partial charge on any atom is 0.0713 e. The van der Waals surface area contributed by atoms with E-state index in [9.17, 15) is 0 Å². The van der Waals surface area contributed by atoms with Gasteiger partial charge in [0.2, 0.25) is 0 Å². The van der Waals surface area contributed by atoms with Gasteiger partial charge < -0.3 is 5.73 Å². The summed E-state index contributed by atoms with van der Waals surface area (Å²) in [6.07, 6.45) is 1.88. The van der Waals surface area contributed by atoms with Crippen molar-refractivity contribution in [3.8, 4) is 0 Å². The first kappa shape index (κ1) is 13.6. The van der Waals surface area contributed by atoms with E-state index < -0.39 is 0 Å². The van der Waals surface area contributed by atoms with Gasteiger partial charge in [0.25, 0.3) is 0 Å². The fraction of sp³-hybridized carbons (Fsp3) is 0.0625. The molecular formula is C16H13BrN2S. The van der Waals surface area contributed by atoms with E-state index in [1.54, 1.807) is 11.8 Å². The van der Waals surface area contributed by atoms with Gasteiger partial charge in [0.15, 0.2) is 0 Å². The SMILES string of the molecule is NCc1cnc2ccccc2c1Sc1ccc(Br)cc1. The molecule has 2 N–H and O–H groups in total. The van der Waals surface area contributed by atoms with Gasteiger partial charge in [-0.15, -0.1) is 0 Å².